The lowest BCUT2D eigenvalue weighted by Crippen LogP contribution is -2.58. The summed E-state index contributed by atoms with van der Waals surface area (Å²) in [6, 6.07) is 15.1. The van der Waals surface area contributed by atoms with Crippen molar-refractivity contribution >= 4 is 29.9 Å². The van der Waals surface area contributed by atoms with Gasteiger partial charge in [-0.25, -0.2) is 14.4 Å². The molecule has 352 valence electrons. The Balaban J connectivity index is 0.961. The van der Waals surface area contributed by atoms with Crippen molar-refractivity contribution < 1.29 is 53.1 Å². The van der Waals surface area contributed by atoms with Crippen LogP contribution in [0.3, 0.4) is 0 Å². The summed E-state index contributed by atoms with van der Waals surface area (Å²) in [7, 11) is 0. The van der Waals surface area contributed by atoms with Gasteiger partial charge in [-0.1, -0.05) is 95.3 Å². The topological polar surface area (TPSA) is 187 Å². The number of carbonyl (C=O) groups excluding carboxylic acids is 5. The van der Waals surface area contributed by atoms with Crippen LogP contribution in [-0.4, -0.2) is 71.2 Å². The molecule has 64 heavy (non-hydrogen) atoms. The molecule has 13 nitrogen and oxygen atoms in total. The van der Waals surface area contributed by atoms with E-state index in [1.807, 2.05) is 50.2 Å². The van der Waals surface area contributed by atoms with Gasteiger partial charge in [-0.2, -0.15) is 0 Å². The van der Waals surface area contributed by atoms with Crippen LogP contribution in [-0.2, 0) is 51.3 Å². The lowest BCUT2D eigenvalue weighted by Gasteiger charge is -2.62. The predicted molar refractivity (Wildman–Crippen MR) is 238 cm³/mol. The van der Waals surface area contributed by atoms with Gasteiger partial charge in [-0.3, -0.25) is 9.59 Å². The van der Waals surface area contributed by atoms with E-state index in [9.17, 15) is 34.2 Å². The van der Waals surface area contributed by atoms with E-state index in [4.69, 9.17) is 18.9 Å². The predicted octanol–water partition coefficient (Wildman–Crippen LogP) is 7.79. The maximum Gasteiger partial charge on any atom is 0.329 e. The minimum absolute atomic E-state index is 0.0266. The van der Waals surface area contributed by atoms with Gasteiger partial charge in [0, 0.05) is 12.8 Å². The van der Waals surface area contributed by atoms with Gasteiger partial charge in [-0.15, -0.1) is 0 Å². The Hall–Kier alpha value is -4.49. The zero-order chi connectivity index (χ0) is 46.0. The van der Waals surface area contributed by atoms with Crippen molar-refractivity contribution in [2.75, 3.05) is 6.79 Å². The Morgan fingerprint density at radius 3 is 1.88 bits per heavy atom. The van der Waals surface area contributed by atoms with Crippen molar-refractivity contribution in [1.29, 1.82) is 0 Å². The molecule has 2 aromatic rings. The molecule has 13 heteroatoms. The molecule has 12 atom stereocenters. The molecule has 0 aliphatic heterocycles. The molecular formula is C51H72N2O11. The molecule has 0 radical (unpaired) electrons. The fourth-order valence-electron chi connectivity index (χ4n) is 12.2. The van der Waals surface area contributed by atoms with Crippen LogP contribution in [0.15, 0.2) is 60.7 Å². The summed E-state index contributed by atoms with van der Waals surface area (Å²) >= 11 is 0. The third-order valence-electron chi connectivity index (χ3n) is 15.7. The molecule has 4 aliphatic rings. The van der Waals surface area contributed by atoms with Gasteiger partial charge in [0.2, 0.25) is 6.79 Å². The number of benzene rings is 2. The summed E-state index contributed by atoms with van der Waals surface area (Å²) < 4.78 is 21.5. The minimum Gasteiger partial charge on any atom is -0.459 e. The third-order valence-corrected chi connectivity index (χ3v) is 15.7. The number of rotatable bonds is 19. The molecule has 4 N–H and O–H groups in total. The highest BCUT2D eigenvalue weighted by Gasteiger charge is 2.63. The highest BCUT2D eigenvalue weighted by Crippen LogP contribution is 2.68. The highest BCUT2D eigenvalue weighted by atomic mass is 16.7. The van der Waals surface area contributed by atoms with Crippen molar-refractivity contribution in [3.05, 3.63) is 71.8 Å². The Labute approximate surface area is 379 Å². The zero-order valence-electron chi connectivity index (χ0n) is 38.5. The average Bonchev–Trinajstić information content (AvgIpc) is 3.64. The molecule has 4 fully saturated rings. The molecule has 0 bridgehead atoms. The minimum atomic E-state index is -1.27. The first-order chi connectivity index (χ1) is 30.6. The van der Waals surface area contributed by atoms with Gasteiger partial charge < -0.3 is 39.8 Å². The summed E-state index contributed by atoms with van der Waals surface area (Å²) in [6.45, 7) is 10.1. The number of hydrogen-bond acceptors (Lipinski definition) is 11. The monoisotopic (exact) mass is 889 g/mol. The van der Waals surface area contributed by atoms with Crippen molar-refractivity contribution in [2.24, 2.45) is 52.3 Å². The number of aliphatic hydroxyl groups is 2. The molecule has 0 heterocycles. The van der Waals surface area contributed by atoms with Gasteiger partial charge in [0.1, 0.15) is 25.3 Å². The molecule has 0 aromatic heterocycles. The van der Waals surface area contributed by atoms with Crippen LogP contribution < -0.4 is 10.6 Å². The van der Waals surface area contributed by atoms with Crippen molar-refractivity contribution in [1.82, 2.24) is 10.6 Å². The number of nitrogens with one attached hydrogen (secondary N) is 2. The molecule has 2 aromatic carbocycles. The second-order valence-corrected chi connectivity index (χ2v) is 20.1. The number of carbonyl (C=O) groups is 5. The smallest absolute Gasteiger partial charge is 0.329 e. The number of esters is 4. The first-order valence-corrected chi connectivity index (χ1v) is 23.7. The summed E-state index contributed by atoms with van der Waals surface area (Å²) in [5.41, 5.74) is 1.47. The van der Waals surface area contributed by atoms with E-state index in [-0.39, 0.29) is 73.6 Å². The Morgan fingerprint density at radius 1 is 0.688 bits per heavy atom. The SMILES string of the molecule is CC(C)C[C@H](NC(=O)N[C@@H](CCC(=O)OCOC(=O)CC[C@@H](C)C1CCC2C3CC[C@@H]4C[C@H](O)CC[C@]4(C)C3C[C@H](O)[C@@]21C)C(=O)OCc1ccccc1)C(=O)OCc1ccccc1. The second-order valence-electron chi connectivity index (χ2n) is 20.1. The fraction of sp³-hybridized carbons (Fsp3) is 0.667. The maximum absolute atomic E-state index is 13.3. The molecule has 0 spiro atoms. The van der Waals surface area contributed by atoms with Crippen molar-refractivity contribution in [2.45, 2.75) is 156 Å². The van der Waals surface area contributed by atoms with Crippen LogP contribution in [0.2, 0.25) is 0 Å². The summed E-state index contributed by atoms with van der Waals surface area (Å²) in [5.74, 6) is -0.149. The van der Waals surface area contributed by atoms with Gasteiger partial charge in [0.05, 0.1) is 12.2 Å². The average molecular weight is 889 g/mol. The van der Waals surface area contributed by atoms with Crippen LogP contribution in [0.25, 0.3) is 0 Å². The van der Waals surface area contributed by atoms with Crippen molar-refractivity contribution in [3.8, 4) is 0 Å². The number of amides is 2. The molecule has 4 saturated carbocycles. The Morgan fingerprint density at radius 2 is 1.27 bits per heavy atom. The number of ether oxygens (including phenoxy) is 4. The Kier molecular flexibility index (Phi) is 16.9. The van der Waals surface area contributed by atoms with Gasteiger partial charge >= 0.3 is 29.9 Å². The molecule has 0 saturated heterocycles. The zero-order valence-corrected chi connectivity index (χ0v) is 38.5. The summed E-state index contributed by atoms with van der Waals surface area (Å²) in [5, 5.41) is 27.5. The van der Waals surface area contributed by atoms with Gasteiger partial charge in [0.15, 0.2) is 0 Å². The maximum atomic E-state index is 13.3. The lowest BCUT2D eigenvalue weighted by atomic mass is 9.43. The molecule has 2 amide bonds. The number of hydrogen-bond donors (Lipinski definition) is 4. The Bertz CT molecular complexity index is 1880. The van der Waals surface area contributed by atoms with Crippen LogP contribution >= 0.6 is 0 Å². The normalized spacial score (nSPS) is 29.7. The van der Waals surface area contributed by atoms with Gasteiger partial charge in [0.25, 0.3) is 0 Å². The first-order valence-electron chi connectivity index (χ1n) is 23.7. The molecule has 4 unspecified atom stereocenters. The third kappa shape index (κ3) is 12.0. The number of urea groups is 1. The van der Waals surface area contributed by atoms with E-state index in [1.54, 1.807) is 24.3 Å². The molecule has 6 rings (SSSR count). The number of aliphatic hydroxyl groups excluding tert-OH is 2. The van der Waals surface area contributed by atoms with Crippen LogP contribution in [0.1, 0.15) is 129 Å². The van der Waals surface area contributed by atoms with Crippen LogP contribution in [0, 0.1) is 52.3 Å². The van der Waals surface area contributed by atoms with E-state index >= 15 is 0 Å². The van der Waals surface area contributed by atoms with Crippen LogP contribution in [0.4, 0.5) is 4.79 Å². The van der Waals surface area contributed by atoms with E-state index < -0.39 is 54.9 Å². The highest BCUT2D eigenvalue weighted by molar-refractivity contribution is 5.87. The summed E-state index contributed by atoms with van der Waals surface area (Å²) in [4.78, 5) is 65.4. The van der Waals surface area contributed by atoms with E-state index in [0.717, 1.165) is 62.5 Å². The van der Waals surface area contributed by atoms with Gasteiger partial charge in [-0.05, 0) is 134 Å². The standard InChI is InChI=1S/C51H72N2O11/c1-32(2)26-43(48(59)62-30-35-14-10-7-11-15-35)53-49(60)52-42(47(58)61-29-34-12-8-6-9-13-34)21-23-46(57)64-31-63-45(56)22-16-33(3)39-19-20-40-38-18-17-36-27-37(54)24-25-50(36,4)41(38)28-44(55)51(39,40)5/h6-15,32-33,36-44,54-55H,16-31H2,1-5H3,(H2,52,53,60)/t33-,36-,37-,38?,39?,40?,41?,42+,43+,44+,50+,51-/m1/s1. The first kappa shape index (κ1) is 49.0. The molecular weight excluding hydrogens is 817 g/mol. The second kappa shape index (κ2) is 22.1. The van der Waals surface area contributed by atoms with E-state index in [2.05, 4.69) is 31.4 Å². The number of fused-ring (bicyclic) bond motifs is 5. The largest absolute Gasteiger partial charge is 0.459 e. The van der Waals surface area contributed by atoms with Crippen molar-refractivity contribution in [3.63, 3.8) is 0 Å². The summed E-state index contributed by atoms with van der Waals surface area (Å²) in [6.07, 6.45) is 7.91. The fourth-order valence-corrected chi connectivity index (χ4v) is 12.2. The molecule has 4 aliphatic carbocycles. The van der Waals surface area contributed by atoms with E-state index in [0.29, 0.717) is 30.1 Å². The van der Waals surface area contributed by atoms with Crippen LogP contribution in [0.5, 0.6) is 0 Å². The van der Waals surface area contributed by atoms with E-state index in [1.165, 1.54) is 0 Å². The lowest BCUT2D eigenvalue weighted by molar-refractivity contribution is -0.175. The quantitative estimate of drug-likeness (QED) is 0.0613.